The summed E-state index contributed by atoms with van der Waals surface area (Å²) in [4.78, 5) is 14.6. The summed E-state index contributed by atoms with van der Waals surface area (Å²) in [5, 5.41) is 0. The van der Waals surface area contributed by atoms with E-state index in [4.69, 9.17) is 9.47 Å². The maximum absolute atomic E-state index is 12.6. The summed E-state index contributed by atoms with van der Waals surface area (Å²) in [6, 6.07) is 16.3. The lowest BCUT2D eigenvalue weighted by atomic mass is 10.0. The lowest BCUT2D eigenvalue weighted by Gasteiger charge is -2.33. The maximum Gasteiger partial charge on any atom is 0.223 e. The van der Waals surface area contributed by atoms with Crippen molar-refractivity contribution in [1.82, 2.24) is 4.90 Å². The van der Waals surface area contributed by atoms with E-state index >= 15 is 0 Å². The summed E-state index contributed by atoms with van der Waals surface area (Å²) in [6.07, 6.45) is 2.18. The van der Waals surface area contributed by atoms with Gasteiger partial charge < -0.3 is 14.4 Å². The van der Waals surface area contributed by atoms with E-state index in [1.807, 2.05) is 35.2 Å². The summed E-state index contributed by atoms with van der Waals surface area (Å²) in [6.45, 7) is 4.04. The highest BCUT2D eigenvalue weighted by atomic mass is 16.5. The number of morpholine rings is 1. The minimum absolute atomic E-state index is 0.0401. The number of hydrogen-bond acceptors (Lipinski definition) is 3. The fraction of sp³-hybridized carbons (Fsp3) is 0.409. The zero-order valence-electron chi connectivity index (χ0n) is 15.6. The van der Waals surface area contributed by atoms with Crippen LogP contribution >= 0.6 is 0 Å². The number of carbonyl (C=O) groups excluding carboxylic acids is 1. The fourth-order valence-corrected chi connectivity index (χ4v) is 3.42. The molecule has 0 N–H and O–H groups in total. The highest BCUT2D eigenvalue weighted by molar-refractivity contribution is 5.76. The molecular formula is C22H27NO3. The molecule has 1 saturated heterocycles. The number of hydrogen-bond donors (Lipinski definition) is 0. The van der Waals surface area contributed by atoms with Crippen LogP contribution in [0.2, 0.25) is 0 Å². The second-order valence-corrected chi connectivity index (χ2v) is 6.81. The lowest BCUT2D eigenvalue weighted by Crippen LogP contribution is -2.46. The molecule has 1 fully saturated rings. The number of amides is 1. The number of carbonyl (C=O) groups is 1. The van der Waals surface area contributed by atoms with E-state index in [1.54, 1.807) is 7.11 Å². The molecule has 0 bridgehead atoms. The summed E-state index contributed by atoms with van der Waals surface area (Å²) in [5.74, 6) is 1.07. The van der Waals surface area contributed by atoms with E-state index in [1.165, 1.54) is 16.7 Å². The summed E-state index contributed by atoms with van der Waals surface area (Å²) in [7, 11) is 1.67. The molecule has 26 heavy (non-hydrogen) atoms. The van der Waals surface area contributed by atoms with Crippen LogP contribution in [0.25, 0.3) is 0 Å². The van der Waals surface area contributed by atoms with E-state index in [9.17, 15) is 4.79 Å². The number of rotatable bonds is 6. The SMILES string of the molecule is COc1cccc(CC2CN(C(=O)CCc3ccccc3C)CCO2)c1. The van der Waals surface area contributed by atoms with E-state index < -0.39 is 0 Å². The second-order valence-electron chi connectivity index (χ2n) is 6.81. The normalized spacial score (nSPS) is 17.2. The number of aryl methyl sites for hydroxylation is 2. The molecule has 0 radical (unpaired) electrons. The molecular weight excluding hydrogens is 326 g/mol. The highest BCUT2D eigenvalue weighted by Gasteiger charge is 2.24. The molecule has 4 heteroatoms. The van der Waals surface area contributed by atoms with Crippen molar-refractivity contribution in [3.63, 3.8) is 0 Å². The molecule has 1 aliphatic heterocycles. The van der Waals surface area contributed by atoms with Crippen LogP contribution in [0, 0.1) is 6.92 Å². The summed E-state index contributed by atoms with van der Waals surface area (Å²) in [5.41, 5.74) is 3.67. The quantitative estimate of drug-likeness (QED) is 0.799. The van der Waals surface area contributed by atoms with Crippen molar-refractivity contribution in [2.45, 2.75) is 32.3 Å². The van der Waals surface area contributed by atoms with Crippen molar-refractivity contribution in [1.29, 1.82) is 0 Å². The van der Waals surface area contributed by atoms with Gasteiger partial charge in [-0.05, 0) is 42.2 Å². The Bertz CT molecular complexity index is 744. The van der Waals surface area contributed by atoms with E-state index in [0.29, 0.717) is 26.1 Å². The van der Waals surface area contributed by atoms with E-state index in [0.717, 1.165) is 18.6 Å². The molecule has 0 spiro atoms. The first-order valence-electron chi connectivity index (χ1n) is 9.22. The Morgan fingerprint density at radius 2 is 2.08 bits per heavy atom. The van der Waals surface area contributed by atoms with Gasteiger partial charge in [-0.25, -0.2) is 0 Å². The van der Waals surface area contributed by atoms with Crippen molar-refractivity contribution >= 4 is 5.91 Å². The third-order valence-corrected chi connectivity index (χ3v) is 4.96. The molecule has 1 heterocycles. The Labute approximate surface area is 155 Å². The molecule has 1 amide bonds. The van der Waals surface area contributed by atoms with Gasteiger partial charge in [-0.1, -0.05) is 36.4 Å². The number of nitrogens with zero attached hydrogens (tertiary/aromatic N) is 1. The monoisotopic (exact) mass is 353 g/mol. The van der Waals surface area contributed by atoms with Crippen molar-refractivity contribution in [3.05, 3.63) is 65.2 Å². The van der Waals surface area contributed by atoms with Crippen LogP contribution < -0.4 is 4.74 Å². The van der Waals surface area contributed by atoms with E-state index in [-0.39, 0.29) is 12.0 Å². The van der Waals surface area contributed by atoms with Gasteiger partial charge in [-0.15, -0.1) is 0 Å². The summed E-state index contributed by atoms with van der Waals surface area (Å²) < 4.78 is 11.2. The van der Waals surface area contributed by atoms with Crippen molar-refractivity contribution in [2.75, 3.05) is 26.8 Å². The van der Waals surface area contributed by atoms with Crippen molar-refractivity contribution in [2.24, 2.45) is 0 Å². The number of methoxy groups -OCH3 is 1. The molecule has 0 aromatic heterocycles. The van der Waals surface area contributed by atoms with Gasteiger partial charge in [0.25, 0.3) is 0 Å². The molecule has 2 aromatic rings. The van der Waals surface area contributed by atoms with Gasteiger partial charge in [-0.2, -0.15) is 0 Å². The van der Waals surface area contributed by atoms with Gasteiger partial charge in [0, 0.05) is 25.9 Å². The summed E-state index contributed by atoms with van der Waals surface area (Å²) >= 11 is 0. The Morgan fingerprint density at radius 1 is 1.23 bits per heavy atom. The van der Waals surface area contributed by atoms with Crippen LogP contribution in [0.3, 0.4) is 0 Å². The van der Waals surface area contributed by atoms with Crippen molar-refractivity contribution < 1.29 is 14.3 Å². The first kappa shape index (κ1) is 18.5. The smallest absolute Gasteiger partial charge is 0.223 e. The zero-order chi connectivity index (χ0) is 18.4. The van der Waals surface area contributed by atoms with Gasteiger partial charge in [0.1, 0.15) is 5.75 Å². The zero-order valence-corrected chi connectivity index (χ0v) is 15.6. The molecule has 1 unspecified atom stereocenters. The van der Waals surface area contributed by atoms with Crippen LogP contribution in [-0.2, 0) is 22.4 Å². The Balaban J connectivity index is 1.54. The standard InChI is InChI=1S/C22H27NO3/c1-17-6-3-4-8-19(17)10-11-22(24)23-12-13-26-21(16-23)15-18-7-5-9-20(14-18)25-2/h3-9,14,21H,10-13,15-16H2,1-2H3. The molecule has 4 nitrogen and oxygen atoms in total. The lowest BCUT2D eigenvalue weighted by molar-refractivity contribution is -0.138. The van der Waals surface area contributed by atoms with Gasteiger partial charge in [0.15, 0.2) is 0 Å². The molecule has 138 valence electrons. The van der Waals surface area contributed by atoms with Crippen LogP contribution in [0.1, 0.15) is 23.1 Å². The van der Waals surface area contributed by atoms with Crippen LogP contribution in [0.15, 0.2) is 48.5 Å². The minimum Gasteiger partial charge on any atom is -0.497 e. The third-order valence-electron chi connectivity index (χ3n) is 4.96. The number of ether oxygens (including phenoxy) is 2. The first-order chi connectivity index (χ1) is 12.7. The molecule has 1 aliphatic rings. The fourth-order valence-electron chi connectivity index (χ4n) is 3.42. The predicted molar refractivity (Wildman–Crippen MR) is 103 cm³/mol. The Hall–Kier alpha value is -2.33. The topological polar surface area (TPSA) is 38.8 Å². The minimum atomic E-state index is 0.0401. The second kappa shape index (κ2) is 8.86. The van der Waals surface area contributed by atoms with Crippen molar-refractivity contribution in [3.8, 4) is 5.75 Å². The Kier molecular flexibility index (Phi) is 6.29. The average Bonchev–Trinajstić information content (AvgIpc) is 2.67. The van der Waals surface area contributed by atoms with Crippen LogP contribution in [0.4, 0.5) is 0 Å². The van der Waals surface area contributed by atoms with Gasteiger partial charge in [0.05, 0.1) is 19.8 Å². The molecule has 3 rings (SSSR count). The van der Waals surface area contributed by atoms with Crippen LogP contribution in [-0.4, -0.2) is 43.7 Å². The van der Waals surface area contributed by atoms with Gasteiger partial charge >= 0.3 is 0 Å². The highest BCUT2D eigenvalue weighted by Crippen LogP contribution is 2.18. The van der Waals surface area contributed by atoms with E-state index in [2.05, 4.69) is 25.1 Å². The maximum atomic E-state index is 12.6. The first-order valence-corrected chi connectivity index (χ1v) is 9.22. The predicted octanol–water partition coefficient (Wildman–Crippen LogP) is 3.41. The van der Waals surface area contributed by atoms with Crippen LogP contribution in [0.5, 0.6) is 5.75 Å². The van der Waals surface area contributed by atoms with Gasteiger partial charge in [-0.3, -0.25) is 4.79 Å². The molecule has 0 aliphatic carbocycles. The number of benzene rings is 2. The molecule has 2 aromatic carbocycles. The Morgan fingerprint density at radius 3 is 2.88 bits per heavy atom. The average molecular weight is 353 g/mol. The largest absolute Gasteiger partial charge is 0.497 e. The third kappa shape index (κ3) is 4.85. The molecule has 0 saturated carbocycles. The molecule has 1 atom stereocenters. The van der Waals surface area contributed by atoms with Gasteiger partial charge in [0.2, 0.25) is 5.91 Å².